The minimum atomic E-state index is 0.199. The molecule has 0 radical (unpaired) electrons. The molecule has 0 N–H and O–H groups in total. The lowest BCUT2D eigenvalue weighted by atomic mass is 9.76. The molecule has 0 atom stereocenters. The molecule has 1 aliphatic rings. The highest BCUT2D eigenvalue weighted by Crippen LogP contribution is 2.39. The van der Waals surface area contributed by atoms with E-state index in [1.54, 1.807) is 0 Å². The van der Waals surface area contributed by atoms with E-state index < -0.39 is 0 Å². The second-order valence-corrected chi connectivity index (χ2v) is 8.56. The lowest BCUT2D eigenvalue weighted by Gasteiger charge is -2.28. The van der Waals surface area contributed by atoms with Crippen LogP contribution in [-0.4, -0.2) is 10.2 Å². The molecule has 0 unspecified atom stereocenters. The summed E-state index contributed by atoms with van der Waals surface area (Å²) in [6, 6.07) is 21.2. The number of ketones is 1. The van der Waals surface area contributed by atoms with Crippen LogP contribution in [0.4, 0.5) is 0 Å². The molecule has 3 heteroatoms. The Morgan fingerprint density at radius 3 is 2.54 bits per heavy atom. The van der Waals surface area contributed by atoms with Crippen LogP contribution in [0.15, 0.2) is 66.0 Å². The lowest BCUT2D eigenvalue weighted by Crippen LogP contribution is -2.22. The maximum atomic E-state index is 13.0. The molecule has 0 spiro atoms. The summed E-state index contributed by atoms with van der Waals surface area (Å²) < 4.78 is 4.61. The van der Waals surface area contributed by atoms with Crippen molar-refractivity contribution in [3.8, 4) is 0 Å². The van der Waals surface area contributed by atoms with Crippen LogP contribution in [0.3, 0.4) is 0 Å². The number of hydrogen-bond donors (Lipinski definition) is 0. The van der Waals surface area contributed by atoms with Gasteiger partial charge in [-0.05, 0) is 65.0 Å². The highest BCUT2D eigenvalue weighted by atomic mass is 32.1. The van der Waals surface area contributed by atoms with Gasteiger partial charge < -0.3 is 0 Å². The van der Waals surface area contributed by atoms with Crippen LogP contribution in [-0.2, 0) is 11.2 Å². The number of Topliss-reactive ketones (excluding diaryl/α,β-unsaturated/α-hetero) is 1. The number of aromatic nitrogens is 1. The zero-order chi connectivity index (χ0) is 18.9. The molecule has 1 heterocycles. The minimum absolute atomic E-state index is 0.199. The van der Waals surface area contributed by atoms with Crippen molar-refractivity contribution in [1.82, 2.24) is 4.37 Å². The number of fused-ring (bicyclic) bond motifs is 2. The first-order chi connectivity index (χ1) is 13.8. The number of carbonyl (C=O) groups is 1. The fourth-order valence-electron chi connectivity index (χ4n) is 4.75. The SMILES string of the molecule is O=C(Cc1cccc2ccccc12)C1CCC(c2cccc3csnc23)CC1. The smallest absolute Gasteiger partial charge is 0.140 e. The van der Waals surface area contributed by atoms with Crippen molar-refractivity contribution in [2.75, 3.05) is 0 Å². The molecule has 1 fully saturated rings. The fraction of sp³-hybridized carbons (Fsp3) is 0.280. The summed E-state index contributed by atoms with van der Waals surface area (Å²) in [6.45, 7) is 0. The van der Waals surface area contributed by atoms with E-state index in [1.807, 2.05) is 0 Å². The normalized spacial score (nSPS) is 19.9. The van der Waals surface area contributed by atoms with Gasteiger partial charge >= 0.3 is 0 Å². The Labute approximate surface area is 169 Å². The molecule has 5 rings (SSSR count). The molecular formula is C25H23NOS. The van der Waals surface area contributed by atoms with Crippen molar-refractivity contribution in [2.45, 2.75) is 38.0 Å². The van der Waals surface area contributed by atoms with Gasteiger partial charge in [-0.25, -0.2) is 0 Å². The van der Waals surface area contributed by atoms with Crippen LogP contribution < -0.4 is 0 Å². The van der Waals surface area contributed by atoms with Crippen LogP contribution in [0.25, 0.3) is 21.7 Å². The summed E-state index contributed by atoms with van der Waals surface area (Å²) in [7, 11) is 0. The molecule has 0 bridgehead atoms. The Bertz CT molecular complexity index is 1130. The second-order valence-electron chi connectivity index (χ2n) is 7.93. The molecule has 0 saturated heterocycles. The van der Waals surface area contributed by atoms with E-state index in [0.29, 0.717) is 18.1 Å². The molecule has 0 amide bonds. The van der Waals surface area contributed by atoms with E-state index >= 15 is 0 Å². The highest BCUT2D eigenvalue weighted by Gasteiger charge is 2.28. The predicted molar refractivity (Wildman–Crippen MR) is 117 cm³/mol. The Morgan fingerprint density at radius 1 is 0.893 bits per heavy atom. The summed E-state index contributed by atoms with van der Waals surface area (Å²) in [5.41, 5.74) is 3.70. The maximum absolute atomic E-state index is 13.0. The first-order valence-corrected chi connectivity index (χ1v) is 11.0. The van der Waals surface area contributed by atoms with E-state index in [1.165, 1.54) is 33.3 Å². The van der Waals surface area contributed by atoms with Gasteiger partial charge in [0.1, 0.15) is 5.78 Å². The molecule has 1 aromatic heterocycles. The second kappa shape index (κ2) is 7.48. The molecular weight excluding hydrogens is 362 g/mol. The van der Waals surface area contributed by atoms with Crippen molar-refractivity contribution in [3.05, 3.63) is 77.2 Å². The molecule has 28 heavy (non-hydrogen) atoms. The van der Waals surface area contributed by atoms with Gasteiger partial charge in [-0.15, -0.1) is 0 Å². The van der Waals surface area contributed by atoms with Crippen molar-refractivity contribution in [3.63, 3.8) is 0 Å². The number of nitrogens with zero attached hydrogens (tertiary/aromatic N) is 1. The van der Waals surface area contributed by atoms with Gasteiger partial charge in [-0.2, -0.15) is 4.37 Å². The summed E-state index contributed by atoms with van der Waals surface area (Å²) in [5.74, 6) is 1.14. The highest BCUT2D eigenvalue weighted by molar-refractivity contribution is 7.04. The summed E-state index contributed by atoms with van der Waals surface area (Å²) in [5, 5.41) is 5.80. The van der Waals surface area contributed by atoms with Gasteiger partial charge in [0.05, 0.1) is 5.52 Å². The lowest BCUT2D eigenvalue weighted by molar-refractivity contribution is -0.123. The minimum Gasteiger partial charge on any atom is -0.299 e. The Hall–Kier alpha value is -2.52. The van der Waals surface area contributed by atoms with Gasteiger partial charge in [0.25, 0.3) is 0 Å². The standard InChI is InChI=1S/C25H23NOS/c27-24(15-20-7-3-6-17-5-1-2-9-22(17)20)19-13-11-18(12-14-19)23-10-4-8-21-16-28-26-25(21)23/h1-10,16,18-19H,11-15H2. The molecule has 1 saturated carbocycles. The topological polar surface area (TPSA) is 30.0 Å². The van der Waals surface area contributed by atoms with Crippen molar-refractivity contribution < 1.29 is 4.79 Å². The van der Waals surface area contributed by atoms with Gasteiger partial charge in [-0.3, -0.25) is 4.79 Å². The van der Waals surface area contributed by atoms with Gasteiger partial charge in [-0.1, -0.05) is 60.7 Å². The Kier molecular flexibility index (Phi) is 4.69. The Balaban J connectivity index is 1.29. The van der Waals surface area contributed by atoms with Crippen LogP contribution in [0.2, 0.25) is 0 Å². The van der Waals surface area contributed by atoms with Crippen molar-refractivity contribution in [2.24, 2.45) is 5.92 Å². The molecule has 4 aromatic rings. The molecule has 0 aliphatic heterocycles. The number of benzene rings is 3. The predicted octanol–water partition coefficient (Wildman–Crippen LogP) is 6.54. The zero-order valence-corrected chi connectivity index (χ0v) is 16.6. The zero-order valence-electron chi connectivity index (χ0n) is 15.8. The summed E-state index contributed by atoms with van der Waals surface area (Å²) in [6.07, 6.45) is 4.72. The number of hydrogen-bond acceptors (Lipinski definition) is 3. The molecule has 1 aliphatic carbocycles. The van der Waals surface area contributed by atoms with E-state index in [-0.39, 0.29) is 5.92 Å². The van der Waals surface area contributed by atoms with Crippen LogP contribution in [0.1, 0.15) is 42.7 Å². The third-order valence-electron chi connectivity index (χ3n) is 6.29. The van der Waals surface area contributed by atoms with Gasteiger partial charge in [0, 0.05) is 23.1 Å². The number of rotatable bonds is 4. The fourth-order valence-corrected chi connectivity index (χ4v) is 5.42. The molecule has 3 aromatic carbocycles. The summed E-state index contributed by atoms with van der Waals surface area (Å²) >= 11 is 1.53. The largest absolute Gasteiger partial charge is 0.299 e. The van der Waals surface area contributed by atoms with Crippen LogP contribution in [0.5, 0.6) is 0 Å². The average Bonchev–Trinajstić information content (AvgIpc) is 3.23. The maximum Gasteiger partial charge on any atom is 0.140 e. The van der Waals surface area contributed by atoms with E-state index in [4.69, 9.17) is 0 Å². The third-order valence-corrected chi connectivity index (χ3v) is 6.94. The molecule has 2 nitrogen and oxygen atoms in total. The quantitative estimate of drug-likeness (QED) is 0.399. The summed E-state index contributed by atoms with van der Waals surface area (Å²) in [4.78, 5) is 13.0. The third kappa shape index (κ3) is 3.24. The first-order valence-electron chi connectivity index (χ1n) is 10.1. The first kappa shape index (κ1) is 17.6. The Morgan fingerprint density at radius 2 is 1.64 bits per heavy atom. The van der Waals surface area contributed by atoms with Crippen LogP contribution in [0, 0.1) is 5.92 Å². The van der Waals surface area contributed by atoms with Crippen LogP contribution >= 0.6 is 11.5 Å². The van der Waals surface area contributed by atoms with E-state index in [2.05, 4.69) is 70.4 Å². The average molecular weight is 386 g/mol. The molecule has 140 valence electrons. The van der Waals surface area contributed by atoms with Crippen molar-refractivity contribution >= 4 is 39.0 Å². The van der Waals surface area contributed by atoms with Crippen molar-refractivity contribution in [1.29, 1.82) is 0 Å². The van der Waals surface area contributed by atoms with Gasteiger partial charge in [0.2, 0.25) is 0 Å². The monoisotopic (exact) mass is 385 g/mol. The van der Waals surface area contributed by atoms with E-state index in [0.717, 1.165) is 36.8 Å². The van der Waals surface area contributed by atoms with Gasteiger partial charge in [0.15, 0.2) is 0 Å². The number of carbonyl (C=O) groups excluding carboxylic acids is 1. The van der Waals surface area contributed by atoms with E-state index in [9.17, 15) is 4.79 Å².